The van der Waals surface area contributed by atoms with Crippen molar-refractivity contribution in [3.05, 3.63) is 29.8 Å². The average molecular weight is 277 g/mol. The van der Waals surface area contributed by atoms with Crippen molar-refractivity contribution in [2.75, 3.05) is 6.54 Å². The molecule has 0 aliphatic carbocycles. The molecule has 0 bridgehead atoms. The largest absolute Gasteiger partial charge is 0.329 e. The number of rotatable bonds is 6. The van der Waals surface area contributed by atoms with E-state index >= 15 is 0 Å². The van der Waals surface area contributed by atoms with Gasteiger partial charge in [-0.3, -0.25) is 0 Å². The van der Waals surface area contributed by atoms with E-state index in [1.54, 1.807) is 6.07 Å². The van der Waals surface area contributed by atoms with Gasteiger partial charge in [-0.15, -0.1) is 0 Å². The molecule has 0 fully saturated rings. The van der Waals surface area contributed by atoms with Crippen molar-refractivity contribution < 1.29 is 4.39 Å². The molecule has 110 valence electrons. The highest BCUT2D eigenvalue weighted by atomic mass is 19.1. The van der Waals surface area contributed by atoms with Crippen LogP contribution < -0.4 is 5.73 Å². The molecule has 2 rings (SSSR count). The second-order valence-corrected chi connectivity index (χ2v) is 5.39. The number of aromatic nitrogens is 2. The number of para-hydroxylation sites is 1. The Bertz CT molecular complexity index is 576. The first-order valence-electron chi connectivity index (χ1n) is 7.48. The molecule has 0 radical (unpaired) electrons. The Balaban J connectivity index is 2.74. The Morgan fingerprint density at radius 3 is 2.50 bits per heavy atom. The number of benzene rings is 1. The van der Waals surface area contributed by atoms with Crippen LogP contribution in [0.25, 0.3) is 11.0 Å². The van der Waals surface area contributed by atoms with Gasteiger partial charge >= 0.3 is 0 Å². The number of imidazole rings is 1. The molecule has 0 amide bonds. The Kier molecular flexibility index (Phi) is 4.43. The minimum absolute atomic E-state index is 0.166. The van der Waals surface area contributed by atoms with Gasteiger partial charge in [-0.25, -0.2) is 9.37 Å². The lowest BCUT2D eigenvalue weighted by molar-refractivity contribution is 0.366. The molecule has 0 aliphatic heterocycles. The monoisotopic (exact) mass is 277 g/mol. The lowest BCUT2D eigenvalue weighted by Gasteiger charge is -2.30. The van der Waals surface area contributed by atoms with Crippen LogP contribution in [0.15, 0.2) is 18.2 Å². The van der Waals surface area contributed by atoms with Crippen LogP contribution >= 0.6 is 0 Å². The van der Waals surface area contributed by atoms with Gasteiger partial charge in [0.15, 0.2) is 5.82 Å². The third kappa shape index (κ3) is 2.22. The molecule has 2 aromatic rings. The van der Waals surface area contributed by atoms with Crippen molar-refractivity contribution in [3.63, 3.8) is 0 Å². The topological polar surface area (TPSA) is 43.8 Å². The van der Waals surface area contributed by atoms with Crippen LogP contribution in [0.3, 0.4) is 0 Å². The van der Waals surface area contributed by atoms with Crippen LogP contribution in [0.4, 0.5) is 4.39 Å². The van der Waals surface area contributed by atoms with Gasteiger partial charge in [-0.2, -0.15) is 0 Å². The Morgan fingerprint density at radius 2 is 1.95 bits per heavy atom. The van der Waals surface area contributed by atoms with Crippen LogP contribution in [0.1, 0.15) is 45.9 Å². The van der Waals surface area contributed by atoms with Crippen LogP contribution in [-0.4, -0.2) is 16.1 Å². The molecule has 4 heteroatoms. The fourth-order valence-corrected chi connectivity index (χ4v) is 2.91. The summed E-state index contributed by atoms with van der Waals surface area (Å²) >= 11 is 0. The Labute approximate surface area is 120 Å². The highest BCUT2D eigenvalue weighted by molar-refractivity contribution is 5.77. The minimum Gasteiger partial charge on any atom is -0.329 e. The van der Waals surface area contributed by atoms with Gasteiger partial charge in [0.2, 0.25) is 0 Å². The van der Waals surface area contributed by atoms with E-state index in [1.807, 2.05) is 6.07 Å². The lowest BCUT2D eigenvalue weighted by atomic mass is 9.81. The van der Waals surface area contributed by atoms with Gasteiger partial charge in [0.05, 0.1) is 5.52 Å². The molecule has 3 nitrogen and oxygen atoms in total. The zero-order valence-corrected chi connectivity index (χ0v) is 12.6. The smallest absolute Gasteiger partial charge is 0.151 e. The number of nitrogens with two attached hydrogens (primary N) is 1. The number of fused-ring (bicyclic) bond motifs is 1. The van der Waals surface area contributed by atoms with Gasteiger partial charge in [-0.05, 0) is 31.4 Å². The van der Waals surface area contributed by atoms with Gasteiger partial charge in [-0.1, -0.05) is 26.8 Å². The molecule has 0 unspecified atom stereocenters. The summed E-state index contributed by atoms with van der Waals surface area (Å²) in [4.78, 5) is 4.62. The fraction of sp³-hybridized carbons (Fsp3) is 0.562. The van der Waals surface area contributed by atoms with Crippen molar-refractivity contribution in [2.24, 2.45) is 5.73 Å². The maximum Gasteiger partial charge on any atom is 0.151 e. The predicted octanol–water partition coefficient (Wildman–Crippen LogP) is 3.60. The van der Waals surface area contributed by atoms with Gasteiger partial charge in [0.25, 0.3) is 0 Å². The second kappa shape index (κ2) is 5.92. The maximum atomic E-state index is 14.0. The van der Waals surface area contributed by atoms with E-state index in [0.717, 1.165) is 37.1 Å². The van der Waals surface area contributed by atoms with E-state index < -0.39 is 0 Å². The molecule has 0 saturated carbocycles. The highest BCUT2D eigenvalue weighted by Gasteiger charge is 2.33. The number of hydrogen-bond donors (Lipinski definition) is 1. The molecular formula is C16H24FN3. The summed E-state index contributed by atoms with van der Waals surface area (Å²) in [6, 6.07) is 5.16. The number of halogens is 1. The molecule has 0 spiro atoms. The van der Waals surface area contributed by atoms with Crippen LogP contribution in [0.2, 0.25) is 0 Å². The summed E-state index contributed by atoms with van der Waals surface area (Å²) < 4.78 is 16.2. The van der Waals surface area contributed by atoms with E-state index in [9.17, 15) is 4.39 Å². The third-order valence-corrected chi connectivity index (χ3v) is 4.40. The zero-order chi connectivity index (χ0) is 14.8. The SMILES string of the molecule is CCCn1c(C(CC)(CC)CN)nc2c(F)cccc21. The van der Waals surface area contributed by atoms with E-state index in [0.29, 0.717) is 12.1 Å². The zero-order valence-electron chi connectivity index (χ0n) is 12.6. The summed E-state index contributed by atoms with van der Waals surface area (Å²) in [6.45, 7) is 7.76. The molecule has 20 heavy (non-hydrogen) atoms. The first kappa shape index (κ1) is 15.0. The summed E-state index contributed by atoms with van der Waals surface area (Å²) in [5, 5.41) is 0. The summed E-state index contributed by atoms with van der Waals surface area (Å²) in [7, 11) is 0. The van der Waals surface area contributed by atoms with Crippen LogP contribution in [0, 0.1) is 5.82 Å². The van der Waals surface area contributed by atoms with Crippen LogP contribution in [0.5, 0.6) is 0 Å². The molecule has 1 aromatic carbocycles. The normalized spacial score (nSPS) is 12.2. The van der Waals surface area contributed by atoms with Gasteiger partial charge in [0, 0.05) is 18.5 Å². The van der Waals surface area contributed by atoms with E-state index in [2.05, 4.69) is 30.3 Å². The fourth-order valence-electron chi connectivity index (χ4n) is 2.91. The predicted molar refractivity (Wildman–Crippen MR) is 81.3 cm³/mol. The highest BCUT2D eigenvalue weighted by Crippen LogP contribution is 2.33. The van der Waals surface area contributed by atoms with Crippen molar-refractivity contribution >= 4 is 11.0 Å². The van der Waals surface area contributed by atoms with Gasteiger partial charge < -0.3 is 10.3 Å². The summed E-state index contributed by atoms with van der Waals surface area (Å²) in [5.74, 6) is 0.684. The van der Waals surface area contributed by atoms with Gasteiger partial charge in [0.1, 0.15) is 11.3 Å². The molecule has 0 atom stereocenters. The van der Waals surface area contributed by atoms with Crippen molar-refractivity contribution in [3.8, 4) is 0 Å². The first-order chi connectivity index (χ1) is 9.63. The van der Waals surface area contributed by atoms with E-state index in [-0.39, 0.29) is 11.2 Å². The number of hydrogen-bond acceptors (Lipinski definition) is 2. The Hall–Kier alpha value is -1.42. The molecule has 1 aromatic heterocycles. The quantitative estimate of drug-likeness (QED) is 0.876. The second-order valence-electron chi connectivity index (χ2n) is 5.39. The van der Waals surface area contributed by atoms with E-state index in [1.165, 1.54) is 6.07 Å². The van der Waals surface area contributed by atoms with Crippen molar-refractivity contribution in [2.45, 2.75) is 52.0 Å². The average Bonchev–Trinajstić information content (AvgIpc) is 2.83. The standard InChI is InChI=1S/C16H24FN3/c1-4-10-20-13-9-7-8-12(17)14(13)19-15(20)16(5-2,6-3)11-18/h7-9H,4-6,10-11,18H2,1-3H3. The lowest BCUT2D eigenvalue weighted by Crippen LogP contribution is -2.36. The van der Waals surface area contributed by atoms with Crippen LogP contribution in [-0.2, 0) is 12.0 Å². The maximum absolute atomic E-state index is 14.0. The minimum atomic E-state index is -0.253. The van der Waals surface area contributed by atoms with E-state index in [4.69, 9.17) is 5.73 Å². The van der Waals surface area contributed by atoms with Crippen molar-refractivity contribution in [1.29, 1.82) is 0 Å². The molecule has 1 heterocycles. The third-order valence-electron chi connectivity index (χ3n) is 4.40. The summed E-state index contributed by atoms with van der Waals surface area (Å²) in [5.41, 5.74) is 7.22. The van der Waals surface area contributed by atoms with Crippen molar-refractivity contribution in [1.82, 2.24) is 9.55 Å². The molecular weight excluding hydrogens is 253 g/mol. The molecule has 0 aliphatic rings. The molecule has 0 saturated heterocycles. The number of nitrogens with zero attached hydrogens (tertiary/aromatic N) is 2. The first-order valence-corrected chi connectivity index (χ1v) is 7.48. The molecule has 2 N–H and O–H groups in total. The summed E-state index contributed by atoms with van der Waals surface area (Å²) in [6.07, 6.45) is 2.81. The number of aryl methyl sites for hydroxylation is 1. The Morgan fingerprint density at radius 1 is 1.25 bits per heavy atom.